The fourth-order valence-corrected chi connectivity index (χ4v) is 6.03. The van der Waals surface area contributed by atoms with Gasteiger partial charge in [0.25, 0.3) is 5.91 Å². The Morgan fingerprint density at radius 3 is 2.74 bits per heavy atom. The number of fused-ring (bicyclic) bond motifs is 1. The molecule has 1 amide bonds. The zero-order chi connectivity index (χ0) is 24.4. The number of nitrogens with one attached hydrogen (secondary N) is 1. The van der Waals surface area contributed by atoms with Crippen molar-refractivity contribution < 1.29 is 18.7 Å². The summed E-state index contributed by atoms with van der Waals surface area (Å²) in [5, 5.41) is 12.9. The SMILES string of the molecule is CCOC(=O)c1c(NC(=O)/C(C#N)=C/c2ccc([C@@H]3C[C@@H]3c3ccccc3)o2)sc2c1CCCC2. The topological polar surface area (TPSA) is 92.3 Å². The second-order valence-corrected chi connectivity index (χ2v) is 9.96. The minimum atomic E-state index is -0.567. The number of benzene rings is 1. The Labute approximate surface area is 208 Å². The van der Waals surface area contributed by atoms with Crippen molar-refractivity contribution in [2.24, 2.45) is 0 Å². The Balaban J connectivity index is 1.33. The van der Waals surface area contributed by atoms with Gasteiger partial charge in [-0.05, 0) is 68.2 Å². The average Bonchev–Trinajstić information content (AvgIpc) is 3.39. The number of nitrogens with zero attached hydrogens (tertiary/aromatic N) is 1. The molecule has 2 atom stereocenters. The van der Waals surface area contributed by atoms with Gasteiger partial charge in [0.2, 0.25) is 0 Å². The van der Waals surface area contributed by atoms with Gasteiger partial charge in [-0.15, -0.1) is 11.3 Å². The molecule has 0 unspecified atom stereocenters. The molecule has 1 saturated carbocycles. The summed E-state index contributed by atoms with van der Waals surface area (Å²) in [5.74, 6) is 1.06. The number of furan rings is 1. The molecule has 0 spiro atoms. The highest BCUT2D eigenvalue weighted by atomic mass is 32.1. The molecule has 2 aromatic heterocycles. The molecule has 1 fully saturated rings. The van der Waals surface area contributed by atoms with Crippen molar-refractivity contribution in [2.45, 2.75) is 50.9 Å². The van der Waals surface area contributed by atoms with E-state index in [4.69, 9.17) is 9.15 Å². The minimum Gasteiger partial charge on any atom is -0.462 e. The number of amides is 1. The lowest BCUT2D eigenvalue weighted by atomic mass is 9.95. The van der Waals surface area contributed by atoms with Crippen molar-refractivity contribution in [2.75, 3.05) is 11.9 Å². The molecule has 3 aromatic rings. The lowest BCUT2D eigenvalue weighted by molar-refractivity contribution is -0.112. The van der Waals surface area contributed by atoms with E-state index >= 15 is 0 Å². The van der Waals surface area contributed by atoms with Crippen molar-refractivity contribution in [1.82, 2.24) is 0 Å². The number of anilines is 1. The van der Waals surface area contributed by atoms with Gasteiger partial charge in [0, 0.05) is 16.9 Å². The van der Waals surface area contributed by atoms with Crippen molar-refractivity contribution >= 4 is 34.3 Å². The Kier molecular flexibility index (Phi) is 6.56. The molecule has 0 saturated heterocycles. The Morgan fingerprint density at radius 1 is 1.17 bits per heavy atom. The predicted octanol–water partition coefficient (Wildman–Crippen LogP) is 6.21. The number of aryl methyl sites for hydroxylation is 1. The van der Waals surface area contributed by atoms with Gasteiger partial charge in [-0.1, -0.05) is 30.3 Å². The fourth-order valence-electron chi connectivity index (χ4n) is 4.76. The molecule has 1 N–H and O–H groups in total. The highest BCUT2D eigenvalue weighted by molar-refractivity contribution is 7.17. The summed E-state index contributed by atoms with van der Waals surface area (Å²) in [6.07, 6.45) is 6.20. The summed E-state index contributed by atoms with van der Waals surface area (Å²) in [7, 11) is 0. The molecule has 178 valence electrons. The van der Waals surface area contributed by atoms with E-state index in [-0.39, 0.29) is 12.2 Å². The summed E-state index contributed by atoms with van der Waals surface area (Å²) in [6, 6.07) is 16.0. The Morgan fingerprint density at radius 2 is 1.97 bits per heavy atom. The molecular weight excluding hydrogens is 460 g/mol. The van der Waals surface area contributed by atoms with Gasteiger partial charge in [0.1, 0.15) is 28.2 Å². The molecule has 2 aliphatic rings. The van der Waals surface area contributed by atoms with E-state index in [2.05, 4.69) is 17.4 Å². The molecule has 2 aliphatic carbocycles. The zero-order valence-corrected chi connectivity index (χ0v) is 20.3. The molecule has 7 heteroatoms. The van der Waals surface area contributed by atoms with Gasteiger partial charge in [-0.3, -0.25) is 4.79 Å². The van der Waals surface area contributed by atoms with E-state index in [1.807, 2.05) is 30.3 Å². The molecule has 6 nitrogen and oxygen atoms in total. The normalized spacial score (nSPS) is 18.9. The quantitative estimate of drug-likeness (QED) is 0.243. The number of esters is 1. The summed E-state index contributed by atoms with van der Waals surface area (Å²) in [6.45, 7) is 2.01. The number of nitriles is 1. The highest BCUT2D eigenvalue weighted by Gasteiger charge is 2.41. The van der Waals surface area contributed by atoms with Crippen LogP contribution in [-0.4, -0.2) is 18.5 Å². The van der Waals surface area contributed by atoms with Crippen LogP contribution >= 0.6 is 11.3 Å². The molecular formula is C28H26N2O4S. The number of carbonyl (C=O) groups excluding carboxylic acids is 2. The summed E-state index contributed by atoms with van der Waals surface area (Å²) in [5.41, 5.74) is 2.60. The van der Waals surface area contributed by atoms with Crippen molar-refractivity contribution in [1.29, 1.82) is 5.26 Å². The van der Waals surface area contributed by atoms with Crippen molar-refractivity contribution in [3.8, 4) is 6.07 Å². The van der Waals surface area contributed by atoms with Crippen LogP contribution in [-0.2, 0) is 22.4 Å². The molecule has 5 rings (SSSR count). The maximum absolute atomic E-state index is 13.0. The maximum atomic E-state index is 13.0. The van der Waals surface area contributed by atoms with Crippen LogP contribution in [0.1, 0.15) is 75.9 Å². The summed E-state index contributed by atoms with van der Waals surface area (Å²) in [4.78, 5) is 26.7. The van der Waals surface area contributed by atoms with Crippen molar-refractivity contribution in [3.05, 3.63) is 81.1 Å². The first kappa shape index (κ1) is 23.1. The van der Waals surface area contributed by atoms with E-state index in [0.29, 0.717) is 28.2 Å². The smallest absolute Gasteiger partial charge is 0.341 e. The van der Waals surface area contributed by atoms with Gasteiger partial charge in [-0.2, -0.15) is 5.26 Å². The van der Waals surface area contributed by atoms with Crippen LogP contribution in [0.4, 0.5) is 5.00 Å². The summed E-state index contributed by atoms with van der Waals surface area (Å²) >= 11 is 1.40. The third kappa shape index (κ3) is 4.80. The van der Waals surface area contributed by atoms with E-state index in [1.54, 1.807) is 13.0 Å². The fraction of sp³-hybridized carbons (Fsp3) is 0.321. The third-order valence-electron chi connectivity index (χ3n) is 6.56. The maximum Gasteiger partial charge on any atom is 0.341 e. The van der Waals surface area contributed by atoms with Gasteiger partial charge < -0.3 is 14.5 Å². The van der Waals surface area contributed by atoms with Crippen LogP contribution in [0.5, 0.6) is 0 Å². The lowest BCUT2D eigenvalue weighted by Gasteiger charge is -2.12. The van der Waals surface area contributed by atoms with Crippen LogP contribution in [0, 0.1) is 11.3 Å². The molecule has 2 heterocycles. The highest BCUT2D eigenvalue weighted by Crippen LogP contribution is 2.54. The molecule has 0 aliphatic heterocycles. The van der Waals surface area contributed by atoms with Gasteiger partial charge in [0.05, 0.1) is 12.2 Å². The first-order valence-electron chi connectivity index (χ1n) is 12.0. The monoisotopic (exact) mass is 486 g/mol. The molecule has 0 radical (unpaired) electrons. The number of hydrogen-bond acceptors (Lipinski definition) is 6. The van der Waals surface area contributed by atoms with E-state index in [0.717, 1.165) is 48.3 Å². The third-order valence-corrected chi connectivity index (χ3v) is 7.77. The standard InChI is InChI=1S/C28H26N2O4S/c1-2-33-28(32)25-20-10-6-7-11-24(20)35-27(25)30-26(31)18(16-29)14-19-12-13-23(34-19)22-15-21(22)17-8-4-3-5-9-17/h3-5,8-9,12-14,21-22H,2,6-7,10-11,15H2,1H3,(H,30,31)/b18-14+/t21-,22-/m1/s1. The van der Waals surface area contributed by atoms with Crippen LogP contribution in [0.3, 0.4) is 0 Å². The second kappa shape index (κ2) is 9.93. The number of carbonyl (C=O) groups is 2. The van der Waals surface area contributed by atoms with Gasteiger partial charge in [-0.25, -0.2) is 4.79 Å². The Hall–Kier alpha value is -3.63. The number of rotatable bonds is 7. The number of thiophene rings is 1. The first-order chi connectivity index (χ1) is 17.1. The zero-order valence-electron chi connectivity index (χ0n) is 19.5. The molecule has 0 bridgehead atoms. The van der Waals surface area contributed by atoms with Gasteiger partial charge >= 0.3 is 5.97 Å². The van der Waals surface area contributed by atoms with E-state index in [1.165, 1.54) is 23.0 Å². The van der Waals surface area contributed by atoms with Crippen LogP contribution < -0.4 is 5.32 Å². The summed E-state index contributed by atoms with van der Waals surface area (Å²) < 4.78 is 11.2. The molecule has 1 aromatic carbocycles. The minimum absolute atomic E-state index is 0.0810. The predicted molar refractivity (Wildman–Crippen MR) is 134 cm³/mol. The van der Waals surface area contributed by atoms with Crippen LogP contribution in [0.2, 0.25) is 0 Å². The van der Waals surface area contributed by atoms with Crippen LogP contribution in [0.25, 0.3) is 6.08 Å². The second-order valence-electron chi connectivity index (χ2n) is 8.86. The Bertz CT molecular complexity index is 1330. The first-order valence-corrected chi connectivity index (χ1v) is 12.8. The van der Waals surface area contributed by atoms with Crippen LogP contribution in [0.15, 0.2) is 52.5 Å². The average molecular weight is 487 g/mol. The number of hydrogen-bond donors (Lipinski definition) is 1. The largest absolute Gasteiger partial charge is 0.462 e. The lowest BCUT2D eigenvalue weighted by Crippen LogP contribution is -2.16. The van der Waals surface area contributed by atoms with Crippen molar-refractivity contribution in [3.63, 3.8) is 0 Å². The van der Waals surface area contributed by atoms with E-state index in [9.17, 15) is 14.9 Å². The molecule has 35 heavy (non-hydrogen) atoms. The van der Waals surface area contributed by atoms with E-state index < -0.39 is 11.9 Å². The van der Waals surface area contributed by atoms with Gasteiger partial charge in [0.15, 0.2) is 0 Å². The number of ether oxygens (including phenoxy) is 1.